The highest BCUT2D eigenvalue weighted by Crippen LogP contribution is 2.35. The fourth-order valence-corrected chi connectivity index (χ4v) is 3.86. The van der Waals surface area contributed by atoms with Crippen molar-refractivity contribution in [3.8, 4) is 11.5 Å². The van der Waals surface area contributed by atoms with Gasteiger partial charge in [0.2, 0.25) is 0 Å². The molecular formula is C17H17ClFNO6S. The number of nitrogens with zero attached hydrogens (tertiary/aromatic N) is 1. The van der Waals surface area contributed by atoms with Crippen molar-refractivity contribution in [3.63, 3.8) is 0 Å². The van der Waals surface area contributed by atoms with Crippen molar-refractivity contribution in [2.75, 3.05) is 32.2 Å². The number of ether oxygens (including phenoxy) is 3. The van der Waals surface area contributed by atoms with Gasteiger partial charge in [0, 0.05) is 5.02 Å². The van der Waals surface area contributed by atoms with Gasteiger partial charge in [0.15, 0.2) is 11.6 Å². The monoisotopic (exact) mass is 417 g/mol. The number of anilines is 1. The lowest BCUT2D eigenvalue weighted by Gasteiger charge is -2.25. The third kappa shape index (κ3) is 4.42. The average Bonchev–Trinajstić information content (AvgIpc) is 2.65. The van der Waals surface area contributed by atoms with Gasteiger partial charge in [-0.15, -0.1) is 0 Å². The molecule has 0 aliphatic carbocycles. The van der Waals surface area contributed by atoms with Crippen LogP contribution in [0.4, 0.5) is 10.1 Å². The first kappa shape index (κ1) is 20.8. The molecule has 0 amide bonds. The van der Waals surface area contributed by atoms with E-state index in [1.807, 2.05) is 0 Å². The summed E-state index contributed by atoms with van der Waals surface area (Å²) in [4.78, 5) is 11.4. The number of methoxy groups -OCH3 is 3. The molecule has 2 aromatic rings. The molecule has 0 spiro atoms. The van der Waals surface area contributed by atoms with Gasteiger partial charge in [0.25, 0.3) is 10.0 Å². The highest BCUT2D eigenvalue weighted by molar-refractivity contribution is 7.92. The molecule has 0 atom stereocenters. The van der Waals surface area contributed by atoms with E-state index in [0.717, 1.165) is 17.5 Å². The van der Waals surface area contributed by atoms with Crippen LogP contribution in [0.25, 0.3) is 0 Å². The van der Waals surface area contributed by atoms with Crippen molar-refractivity contribution >= 4 is 33.3 Å². The van der Waals surface area contributed by atoms with Gasteiger partial charge in [-0.3, -0.25) is 9.10 Å². The molecule has 2 rings (SSSR count). The second-order valence-electron chi connectivity index (χ2n) is 5.20. The molecule has 0 bridgehead atoms. The number of esters is 1. The van der Waals surface area contributed by atoms with Gasteiger partial charge >= 0.3 is 5.97 Å². The number of sulfonamides is 1. The lowest BCUT2D eigenvalue weighted by Crippen LogP contribution is -2.36. The summed E-state index contributed by atoms with van der Waals surface area (Å²) >= 11 is 5.98. The molecule has 0 aliphatic rings. The Bertz CT molecular complexity index is 950. The number of halogens is 2. The van der Waals surface area contributed by atoms with Gasteiger partial charge < -0.3 is 14.2 Å². The van der Waals surface area contributed by atoms with Crippen molar-refractivity contribution in [2.24, 2.45) is 0 Å². The van der Waals surface area contributed by atoms with Crippen LogP contribution >= 0.6 is 11.6 Å². The summed E-state index contributed by atoms with van der Waals surface area (Å²) in [5, 5.41) is 0.219. The van der Waals surface area contributed by atoms with Crippen LogP contribution in [0.15, 0.2) is 41.3 Å². The van der Waals surface area contributed by atoms with E-state index >= 15 is 0 Å². The predicted molar refractivity (Wildman–Crippen MR) is 97.5 cm³/mol. The van der Waals surface area contributed by atoms with E-state index < -0.39 is 28.4 Å². The number of hydrogen-bond donors (Lipinski definition) is 0. The Morgan fingerprint density at radius 1 is 1.07 bits per heavy atom. The van der Waals surface area contributed by atoms with Crippen LogP contribution < -0.4 is 13.8 Å². The van der Waals surface area contributed by atoms with Crippen molar-refractivity contribution in [1.29, 1.82) is 0 Å². The molecule has 0 aromatic heterocycles. The third-order valence-electron chi connectivity index (χ3n) is 3.62. The summed E-state index contributed by atoms with van der Waals surface area (Å²) < 4.78 is 55.6. The maximum atomic E-state index is 14.0. The molecule has 0 N–H and O–H groups in total. The van der Waals surface area contributed by atoms with E-state index in [-0.39, 0.29) is 27.1 Å². The first-order valence-corrected chi connectivity index (χ1v) is 9.33. The number of rotatable bonds is 7. The van der Waals surface area contributed by atoms with Gasteiger partial charge in [0.05, 0.1) is 31.9 Å². The van der Waals surface area contributed by atoms with Gasteiger partial charge in [-0.1, -0.05) is 11.6 Å². The minimum atomic E-state index is -4.36. The van der Waals surface area contributed by atoms with Crippen molar-refractivity contribution in [1.82, 2.24) is 0 Å². The first-order chi connectivity index (χ1) is 12.7. The number of benzene rings is 2. The lowest BCUT2D eigenvalue weighted by molar-refractivity contribution is -0.138. The summed E-state index contributed by atoms with van der Waals surface area (Å²) in [6.45, 7) is -0.664. The Morgan fingerprint density at radius 2 is 1.70 bits per heavy atom. The van der Waals surface area contributed by atoms with Gasteiger partial charge in [0.1, 0.15) is 12.3 Å². The quantitative estimate of drug-likeness (QED) is 0.644. The van der Waals surface area contributed by atoms with E-state index in [9.17, 15) is 17.6 Å². The maximum absolute atomic E-state index is 14.0. The molecule has 0 saturated heterocycles. The summed E-state index contributed by atoms with van der Waals surface area (Å²) in [7, 11) is -0.644. The normalized spacial score (nSPS) is 11.0. The van der Waals surface area contributed by atoms with Crippen LogP contribution in [0, 0.1) is 5.82 Å². The molecule has 0 heterocycles. The van der Waals surface area contributed by atoms with E-state index in [1.54, 1.807) is 0 Å². The minimum Gasteiger partial charge on any atom is -0.495 e. The van der Waals surface area contributed by atoms with Gasteiger partial charge in [-0.05, 0) is 36.4 Å². The SMILES string of the molecule is COC(=O)CN(c1cc(Cl)ccc1OC)S(=O)(=O)c1ccc(OC)c(F)c1. The molecular weight excluding hydrogens is 401 g/mol. The van der Waals surface area contributed by atoms with E-state index in [1.165, 1.54) is 44.6 Å². The summed E-state index contributed by atoms with van der Waals surface area (Å²) in [6.07, 6.45) is 0. The molecule has 7 nitrogen and oxygen atoms in total. The van der Waals surface area contributed by atoms with E-state index in [0.29, 0.717) is 0 Å². The molecule has 0 aliphatic heterocycles. The molecule has 10 heteroatoms. The van der Waals surface area contributed by atoms with Crippen molar-refractivity contribution < 1.29 is 31.8 Å². The summed E-state index contributed by atoms with van der Waals surface area (Å²) in [6, 6.07) is 7.41. The van der Waals surface area contributed by atoms with Crippen molar-refractivity contribution in [2.45, 2.75) is 4.90 Å². The Hall–Kier alpha value is -2.52. The Labute approximate surface area is 161 Å². The van der Waals surface area contributed by atoms with Crippen LogP contribution in [0.1, 0.15) is 0 Å². The zero-order valence-electron chi connectivity index (χ0n) is 14.7. The fraction of sp³-hybridized carbons (Fsp3) is 0.235. The smallest absolute Gasteiger partial charge is 0.326 e. The van der Waals surface area contributed by atoms with Crippen LogP contribution in [0.2, 0.25) is 5.02 Å². The Balaban J connectivity index is 2.65. The average molecular weight is 418 g/mol. The van der Waals surface area contributed by atoms with Gasteiger partial charge in [-0.2, -0.15) is 0 Å². The van der Waals surface area contributed by atoms with Crippen LogP contribution in [-0.2, 0) is 19.6 Å². The highest BCUT2D eigenvalue weighted by Gasteiger charge is 2.30. The Kier molecular flexibility index (Phi) is 6.50. The molecule has 0 fully saturated rings. The minimum absolute atomic E-state index is 0.00614. The molecule has 2 aromatic carbocycles. The van der Waals surface area contributed by atoms with Crippen LogP contribution in [0.3, 0.4) is 0 Å². The maximum Gasteiger partial charge on any atom is 0.326 e. The lowest BCUT2D eigenvalue weighted by atomic mass is 10.3. The van der Waals surface area contributed by atoms with E-state index in [2.05, 4.69) is 4.74 Å². The molecule has 0 unspecified atom stereocenters. The second kappa shape index (κ2) is 8.45. The topological polar surface area (TPSA) is 82.1 Å². The van der Waals surface area contributed by atoms with Crippen molar-refractivity contribution in [3.05, 3.63) is 47.2 Å². The molecule has 0 saturated carbocycles. The summed E-state index contributed by atoms with van der Waals surface area (Å²) in [5.41, 5.74) is 0.00614. The zero-order chi connectivity index (χ0) is 20.2. The molecule has 27 heavy (non-hydrogen) atoms. The summed E-state index contributed by atoms with van der Waals surface area (Å²) in [5.74, 6) is -1.65. The Morgan fingerprint density at radius 3 is 2.26 bits per heavy atom. The first-order valence-electron chi connectivity index (χ1n) is 7.51. The molecule has 0 radical (unpaired) electrons. The number of carbonyl (C=O) groups is 1. The molecule has 146 valence electrons. The van der Waals surface area contributed by atoms with Crippen LogP contribution in [0.5, 0.6) is 11.5 Å². The second-order valence-corrected chi connectivity index (χ2v) is 7.50. The van der Waals surface area contributed by atoms with E-state index in [4.69, 9.17) is 21.1 Å². The number of carbonyl (C=O) groups excluding carboxylic acids is 1. The van der Waals surface area contributed by atoms with Crippen LogP contribution in [-0.4, -0.2) is 42.3 Å². The largest absolute Gasteiger partial charge is 0.495 e. The fourth-order valence-electron chi connectivity index (χ4n) is 2.27. The van der Waals surface area contributed by atoms with Gasteiger partial charge in [-0.25, -0.2) is 12.8 Å². The third-order valence-corrected chi connectivity index (χ3v) is 5.61. The highest BCUT2D eigenvalue weighted by atomic mass is 35.5. The predicted octanol–water partition coefficient (Wildman–Crippen LogP) is 2.86. The zero-order valence-corrected chi connectivity index (χ0v) is 16.3. The standard InChI is InChI=1S/C17H17ClFNO6S/c1-24-15-7-5-12(9-13(15)19)27(22,23)20(10-17(21)26-3)14-8-11(18)4-6-16(14)25-2/h4-9H,10H2,1-3H3. The number of hydrogen-bond acceptors (Lipinski definition) is 6.